The van der Waals surface area contributed by atoms with Crippen molar-refractivity contribution in [2.24, 2.45) is 0 Å². The van der Waals surface area contributed by atoms with Gasteiger partial charge in [-0.2, -0.15) is 0 Å². The average Bonchev–Trinajstić information content (AvgIpc) is 3.23. The molecule has 2 amide bonds. The molecule has 7 heteroatoms. The summed E-state index contributed by atoms with van der Waals surface area (Å²) in [6.45, 7) is 6.48. The zero-order valence-corrected chi connectivity index (χ0v) is 16.3. The number of hydrogen-bond acceptors (Lipinski definition) is 4. The zero-order chi connectivity index (χ0) is 20.1. The normalized spacial score (nSPS) is 14.4. The first-order valence-corrected chi connectivity index (χ1v) is 9.58. The molecule has 1 aliphatic heterocycles. The molecular weight excluding hydrogens is 361 g/mol. The number of para-hydroxylation sites is 1. The monoisotopic (exact) mass is 387 g/mol. The molecule has 1 aromatic carbocycles. The fraction of sp³-hybridized carbons (Fsp3) is 0.429. The summed E-state index contributed by atoms with van der Waals surface area (Å²) in [5.41, 5.74) is 1.06. The quantitative estimate of drug-likeness (QED) is 0.765. The predicted octanol–water partition coefficient (Wildman–Crippen LogP) is 3.01. The van der Waals surface area contributed by atoms with E-state index in [1.165, 1.54) is 18.6 Å². The van der Waals surface area contributed by atoms with Gasteiger partial charge in [-0.25, -0.2) is 4.39 Å². The van der Waals surface area contributed by atoms with Crippen LogP contribution in [-0.2, 0) is 4.79 Å². The van der Waals surface area contributed by atoms with Crippen LogP contribution in [0.25, 0.3) is 0 Å². The topological polar surface area (TPSA) is 57.0 Å². The molecule has 2 aromatic rings. The van der Waals surface area contributed by atoms with Crippen LogP contribution in [0.15, 0.2) is 47.3 Å². The summed E-state index contributed by atoms with van der Waals surface area (Å²) in [5, 5.41) is 0. The van der Waals surface area contributed by atoms with Crippen LogP contribution in [-0.4, -0.2) is 60.4 Å². The third kappa shape index (κ3) is 4.52. The van der Waals surface area contributed by atoms with Gasteiger partial charge in [0.25, 0.3) is 5.91 Å². The highest BCUT2D eigenvalue weighted by molar-refractivity contribution is 5.94. The van der Waals surface area contributed by atoms with Crippen LogP contribution in [0.1, 0.15) is 30.6 Å². The molecule has 150 valence electrons. The number of anilines is 1. The van der Waals surface area contributed by atoms with Crippen molar-refractivity contribution in [3.05, 3.63) is 54.2 Å². The van der Waals surface area contributed by atoms with Crippen LogP contribution in [0.2, 0.25) is 0 Å². The number of hydrogen-bond donors (Lipinski definition) is 0. The summed E-state index contributed by atoms with van der Waals surface area (Å²) in [5.74, 6) is -0.368. The number of piperazine rings is 1. The molecule has 1 saturated heterocycles. The summed E-state index contributed by atoms with van der Waals surface area (Å²) in [6, 6.07) is 8.30. The van der Waals surface area contributed by atoms with Crippen LogP contribution >= 0.6 is 0 Å². The third-order valence-electron chi connectivity index (χ3n) is 5.04. The van der Waals surface area contributed by atoms with Crippen molar-refractivity contribution in [1.82, 2.24) is 9.80 Å². The molecule has 0 atom stereocenters. The van der Waals surface area contributed by atoms with Gasteiger partial charge in [-0.15, -0.1) is 0 Å². The van der Waals surface area contributed by atoms with E-state index in [0.717, 1.165) is 0 Å². The van der Waals surface area contributed by atoms with Gasteiger partial charge in [0.1, 0.15) is 12.1 Å². The number of nitrogens with zero attached hydrogens (tertiary/aromatic N) is 3. The van der Waals surface area contributed by atoms with E-state index in [9.17, 15) is 14.0 Å². The van der Waals surface area contributed by atoms with Crippen molar-refractivity contribution in [1.29, 1.82) is 0 Å². The Morgan fingerprint density at radius 3 is 2.46 bits per heavy atom. The minimum absolute atomic E-state index is 0.0128. The molecule has 0 bridgehead atoms. The van der Waals surface area contributed by atoms with E-state index in [0.29, 0.717) is 44.0 Å². The molecule has 2 heterocycles. The van der Waals surface area contributed by atoms with Gasteiger partial charge >= 0.3 is 0 Å². The van der Waals surface area contributed by atoms with Gasteiger partial charge in [-0.3, -0.25) is 9.59 Å². The minimum Gasteiger partial charge on any atom is -0.472 e. The lowest BCUT2D eigenvalue weighted by Crippen LogP contribution is -2.50. The summed E-state index contributed by atoms with van der Waals surface area (Å²) >= 11 is 0. The maximum Gasteiger partial charge on any atom is 0.257 e. The Labute approximate surface area is 164 Å². The Kier molecular flexibility index (Phi) is 6.34. The number of carbonyl (C=O) groups is 2. The first-order chi connectivity index (χ1) is 13.5. The van der Waals surface area contributed by atoms with Crippen molar-refractivity contribution in [3.8, 4) is 0 Å². The van der Waals surface area contributed by atoms with Crippen molar-refractivity contribution in [2.45, 2.75) is 26.3 Å². The van der Waals surface area contributed by atoms with Gasteiger partial charge in [0.05, 0.1) is 17.5 Å². The molecule has 0 saturated carbocycles. The molecule has 1 aromatic heterocycles. The third-order valence-corrected chi connectivity index (χ3v) is 5.04. The van der Waals surface area contributed by atoms with Crippen LogP contribution in [0.3, 0.4) is 0 Å². The number of furan rings is 1. The highest BCUT2D eigenvalue weighted by Gasteiger charge is 2.25. The minimum atomic E-state index is -0.243. The van der Waals surface area contributed by atoms with Gasteiger partial charge in [0.2, 0.25) is 5.91 Å². The summed E-state index contributed by atoms with van der Waals surface area (Å²) in [7, 11) is 0. The largest absolute Gasteiger partial charge is 0.472 e. The van der Waals surface area contributed by atoms with E-state index in [2.05, 4.69) is 0 Å². The molecule has 28 heavy (non-hydrogen) atoms. The van der Waals surface area contributed by atoms with Crippen molar-refractivity contribution >= 4 is 17.5 Å². The Balaban J connectivity index is 1.52. The van der Waals surface area contributed by atoms with E-state index in [1.807, 2.05) is 24.8 Å². The van der Waals surface area contributed by atoms with Crippen LogP contribution < -0.4 is 4.90 Å². The van der Waals surface area contributed by atoms with Gasteiger partial charge in [-0.1, -0.05) is 12.1 Å². The van der Waals surface area contributed by atoms with E-state index in [-0.39, 0.29) is 30.1 Å². The number of amides is 2. The van der Waals surface area contributed by atoms with Gasteiger partial charge in [0.15, 0.2) is 0 Å². The lowest BCUT2D eigenvalue weighted by molar-refractivity contribution is -0.131. The first-order valence-electron chi connectivity index (χ1n) is 9.58. The van der Waals surface area contributed by atoms with E-state index in [1.54, 1.807) is 28.0 Å². The van der Waals surface area contributed by atoms with E-state index < -0.39 is 0 Å². The molecule has 3 rings (SSSR count). The standard InChI is InChI=1S/C21H26FN3O3/c1-16(2)25(21(27)17-8-14-28-15-17)9-7-20(26)24-12-10-23(11-13-24)19-6-4-3-5-18(19)22/h3-6,8,14-16H,7,9-13H2,1-2H3. The second-order valence-electron chi connectivity index (χ2n) is 7.17. The SMILES string of the molecule is CC(C)N(CCC(=O)N1CCN(c2ccccc2F)CC1)C(=O)c1ccoc1. The highest BCUT2D eigenvalue weighted by atomic mass is 19.1. The van der Waals surface area contributed by atoms with Crippen molar-refractivity contribution in [2.75, 3.05) is 37.6 Å². The molecule has 0 radical (unpaired) electrons. The molecule has 0 spiro atoms. The Morgan fingerprint density at radius 2 is 1.86 bits per heavy atom. The average molecular weight is 387 g/mol. The fourth-order valence-electron chi connectivity index (χ4n) is 3.43. The maximum atomic E-state index is 13.9. The molecule has 0 unspecified atom stereocenters. The molecular formula is C21H26FN3O3. The zero-order valence-electron chi connectivity index (χ0n) is 16.3. The molecule has 6 nitrogen and oxygen atoms in total. The lowest BCUT2D eigenvalue weighted by atomic mass is 10.2. The van der Waals surface area contributed by atoms with Crippen molar-refractivity contribution < 1.29 is 18.4 Å². The molecule has 1 aliphatic rings. The Hall–Kier alpha value is -2.83. The highest BCUT2D eigenvalue weighted by Crippen LogP contribution is 2.20. The Morgan fingerprint density at radius 1 is 1.14 bits per heavy atom. The number of carbonyl (C=O) groups excluding carboxylic acids is 2. The van der Waals surface area contributed by atoms with Crippen molar-refractivity contribution in [3.63, 3.8) is 0 Å². The fourth-order valence-corrected chi connectivity index (χ4v) is 3.43. The lowest BCUT2D eigenvalue weighted by Gasteiger charge is -2.36. The van der Waals surface area contributed by atoms with Crippen LogP contribution in [0, 0.1) is 5.82 Å². The van der Waals surface area contributed by atoms with Crippen LogP contribution in [0.5, 0.6) is 0 Å². The van der Waals surface area contributed by atoms with E-state index in [4.69, 9.17) is 4.42 Å². The maximum absolute atomic E-state index is 13.9. The first kappa shape index (κ1) is 19.9. The predicted molar refractivity (Wildman–Crippen MR) is 105 cm³/mol. The summed E-state index contributed by atoms with van der Waals surface area (Å²) < 4.78 is 18.9. The molecule has 0 N–H and O–H groups in total. The summed E-state index contributed by atoms with van der Waals surface area (Å²) in [4.78, 5) is 30.6. The molecule has 1 fully saturated rings. The smallest absolute Gasteiger partial charge is 0.257 e. The van der Waals surface area contributed by atoms with Crippen LogP contribution in [0.4, 0.5) is 10.1 Å². The summed E-state index contributed by atoms with van der Waals surface area (Å²) in [6.07, 6.45) is 3.15. The number of rotatable bonds is 6. The van der Waals surface area contributed by atoms with Gasteiger partial charge in [0, 0.05) is 45.2 Å². The molecule has 0 aliphatic carbocycles. The number of halogens is 1. The second kappa shape index (κ2) is 8.91. The second-order valence-corrected chi connectivity index (χ2v) is 7.17. The van der Waals surface area contributed by atoms with E-state index >= 15 is 0 Å². The van der Waals surface area contributed by atoms with Gasteiger partial charge in [-0.05, 0) is 32.0 Å². The van der Waals surface area contributed by atoms with Gasteiger partial charge < -0.3 is 19.1 Å². The Bertz CT molecular complexity index is 799. The number of benzene rings is 1.